The van der Waals surface area contributed by atoms with Gasteiger partial charge >= 0.3 is 255 Å². The molecule has 0 nitrogen and oxygen atoms in total. The Kier molecular flexibility index (Phi) is 5.66. The predicted molar refractivity (Wildman–Crippen MR) is 169 cm³/mol. The van der Waals surface area contributed by atoms with Crippen molar-refractivity contribution in [2.75, 3.05) is 0 Å². The van der Waals surface area contributed by atoms with Gasteiger partial charge in [0.25, 0.3) is 0 Å². The first-order valence-corrected chi connectivity index (χ1v) is 27.0. The van der Waals surface area contributed by atoms with Crippen LogP contribution in [0.3, 0.4) is 0 Å². The van der Waals surface area contributed by atoms with E-state index in [1.54, 1.807) is 22.3 Å². The Hall–Kier alpha value is -1.81. The molecule has 2 fully saturated rings. The monoisotopic (exact) mass is 800 g/mol. The molecule has 4 aliphatic rings. The van der Waals surface area contributed by atoms with E-state index in [4.69, 9.17) is 0 Å². The molecule has 2 unspecified atom stereocenters. The molecular weight excluding hydrogens is 771 g/mol. The molecule has 1 spiro atoms. The summed E-state index contributed by atoms with van der Waals surface area (Å²) in [7, 11) is 0. The average Bonchev–Trinajstić information content (AvgIpc) is 3.50. The van der Waals surface area contributed by atoms with Crippen molar-refractivity contribution in [2.24, 2.45) is 5.41 Å². The number of halogens is 2. The molecule has 0 radical (unpaired) electrons. The summed E-state index contributed by atoms with van der Waals surface area (Å²) in [5.41, 5.74) is 15.5. The van der Waals surface area contributed by atoms with Crippen molar-refractivity contribution >= 4 is 44.0 Å². The molecule has 1 heterocycles. The molecule has 0 amide bonds. The van der Waals surface area contributed by atoms with Crippen molar-refractivity contribution in [1.29, 1.82) is 0 Å². The Balaban J connectivity index is 1.33. The van der Waals surface area contributed by atoms with E-state index in [2.05, 4.69) is 138 Å². The third-order valence-electron chi connectivity index (χ3n) is 10.2. The van der Waals surface area contributed by atoms with E-state index >= 15 is 0 Å². The number of hydrogen-bond donors (Lipinski definition) is 0. The van der Waals surface area contributed by atoms with Crippen molar-refractivity contribution < 1.29 is 20.0 Å². The summed E-state index contributed by atoms with van der Waals surface area (Å²) < 4.78 is 9.12. The van der Waals surface area contributed by atoms with Gasteiger partial charge in [0, 0.05) is 0 Å². The van der Waals surface area contributed by atoms with Crippen molar-refractivity contribution in [2.45, 2.75) is 36.0 Å². The first-order valence-electron chi connectivity index (χ1n) is 14.1. The maximum absolute atomic E-state index is 3.63. The summed E-state index contributed by atoms with van der Waals surface area (Å²) in [6, 6.07) is 32.1. The van der Waals surface area contributed by atoms with Gasteiger partial charge < -0.3 is 0 Å². The molecule has 1 saturated heterocycles. The average molecular weight is 801 g/mol. The van der Waals surface area contributed by atoms with Crippen LogP contribution in [0, 0.1) is 5.41 Å². The van der Waals surface area contributed by atoms with E-state index in [0.717, 1.165) is 8.95 Å². The number of rotatable bonds is 2. The molecule has 2 atom stereocenters. The van der Waals surface area contributed by atoms with Crippen molar-refractivity contribution in [3.8, 4) is 22.3 Å². The second-order valence-electron chi connectivity index (χ2n) is 12.5. The van der Waals surface area contributed by atoms with E-state index in [-0.39, 0.29) is 5.41 Å². The molecule has 0 N–H and O–H groups in total. The van der Waals surface area contributed by atoms with Gasteiger partial charge in [-0.05, 0) is 0 Å². The van der Waals surface area contributed by atoms with Gasteiger partial charge in [-0.15, -0.1) is 0 Å². The topological polar surface area (TPSA) is 0 Å². The summed E-state index contributed by atoms with van der Waals surface area (Å²) in [6.07, 6.45) is 9.31. The number of hydrogen-bond acceptors (Lipinski definition) is 0. The van der Waals surface area contributed by atoms with E-state index < -0.39 is 20.0 Å². The fourth-order valence-corrected chi connectivity index (χ4v) is 26.1. The summed E-state index contributed by atoms with van der Waals surface area (Å²) >= 11 is 4.27. The Morgan fingerprint density at radius 1 is 0.615 bits per heavy atom. The molecule has 4 aromatic rings. The SMILES string of the molecule is [CH3][Hf]1([CH3])[CH]2C(=Cc3c(-c4ccc(Br)cc4)cccc32)C2(CCC2)C2=Cc3c(-c4ccc(Br)cc4)cccc3[CH]21. The maximum atomic E-state index is 3.63. The minimum absolute atomic E-state index is 0.247. The van der Waals surface area contributed by atoms with Crippen molar-refractivity contribution in [1.82, 2.24) is 0 Å². The van der Waals surface area contributed by atoms with E-state index in [1.165, 1.54) is 52.6 Å². The van der Waals surface area contributed by atoms with Crippen LogP contribution in [0.15, 0.2) is 105 Å². The normalized spacial score (nSPS) is 22.8. The van der Waals surface area contributed by atoms with Gasteiger partial charge in [0.15, 0.2) is 0 Å². The summed E-state index contributed by atoms with van der Waals surface area (Å²) in [6.45, 7) is 0. The Morgan fingerprint density at radius 2 is 1.05 bits per heavy atom. The van der Waals surface area contributed by atoms with Crippen LogP contribution in [-0.2, 0) is 20.0 Å². The second kappa shape index (κ2) is 8.84. The van der Waals surface area contributed by atoms with Gasteiger partial charge in [-0.25, -0.2) is 0 Å². The summed E-state index contributed by atoms with van der Waals surface area (Å²) in [5.74, 6) is 0. The third-order valence-corrected chi connectivity index (χ3v) is 26.5. The van der Waals surface area contributed by atoms with E-state index in [1.807, 2.05) is 0 Å². The molecule has 1 saturated carbocycles. The van der Waals surface area contributed by atoms with Crippen molar-refractivity contribution in [3.63, 3.8) is 0 Å². The van der Waals surface area contributed by atoms with Crippen LogP contribution in [0.1, 0.15) is 48.9 Å². The zero-order chi connectivity index (χ0) is 26.5. The number of fused-ring (bicyclic) bond motifs is 8. The standard InChI is InChI=1S/C34H24Br2.2CH3.Hf/c35-28-12-8-22(9-13-28)30-6-1-4-24-18-26(20-32(24)30)34(16-3-17-34)27-19-25-5-2-7-31(33(25)21-27)23-10-14-29(36)15-11-23;;;/h1-2,4-15,18-21H,3,16-17H2;2*1H3;. The molecule has 8 rings (SSSR count). The van der Waals surface area contributed by atoms with Gasteiger partial charge in [0.2, 0.25) is 0 Å². The Labute approximate surface area is 252 Å². The Bertz CT molecular complexity index is 1600. The zero-order valence-corrected chi connectivity index (χ0v) is 29.0. The van der Waals surface area contributed by atoms with E-state index in [0.29, 0.717) is 7.35 Å². The van der Waals surface area contributed by atoms with Crippen LogP contribution in [-0.4, -0.2) is 0 Å². The minimum atomic E-state index is -2.99. The number of benzene rings is 4. The first kappa shape index (κ1) is 24.9. The van der Waals surface area contributed by atoms with Gasteiger partial charge in [0.1, 0.15) is 0 Å². The van der Waals surface area contributed by atoms with E-state index in [9.17, 15) is 0 Å². The Morgan fingerprint density at radius 3 is 1.44 bits per heavy atom. The molecule has 192 valence electrons. The van der Waals surface area contributed by atoms with Crippen LogP contribution in [0.4, 0.5) is 0 Å². The number of allylic oxidation sites excluding steroid dienone is 2. The molecular formula is C36H30Br2Hf. The molecule has 0 bridgehead atoms. The van der Waals surface area contributed by atoms with Gasteiger partial charge in [-0.2, -0.15) is 0 Å². The molecule has 3 heteroatoms. The summed E-state index contributed by atoms with van der Waals surface area (Å²) in [5, 5.41) is 0. The first-order chi connectivity index (χ1) is 18.9. The van der Waals surface area contributed by atoms with Gasteiger partial charge in [-0.3, -0.25) is 0 Å². The van der Waals surface area contributed by atoms with Crippen LogP contribution in [0.25, 0.3) is 34.4 Å². The predicted octanol–water partition coefficient (Wildman–Crippen LogP) is 11.6. The van der Waals surface area contributed by atoms with Crippen LogP contribution < -0.4 is 0 Å². The van der Waals surface area contributed by atoms with Gasteiger partial charge in [-0.1, -0.05) is 0 Å². The second-order valence-corrected chi connectivity index (χ2v) is 31.5. The van der Waals surface area contributed by atoms with Crippen molar-refractivity contribution in [3.05, 3.63) is 127 Å². The fraction of sp³-hybridized carbons (Fsp3) is 0.222. The van der Waals surface area contributed by atoms with Crippen LogP contribution >= 0.6 is 31.9 Å². The van der Waals surface area contributed by atoms with Crippen LogP contribution in [0.5, 0.6) is 0 Å². The quantitative estimate of drug-likeness (QED) is 0.177. The fourth-order valence-electron chi connectivity index (χ4n) is 8.44. The molecule has 3 aliphatic carbocycles. The molecule has 1 aliphatic heterocycles. The molecule has 0 aromatic heterocycles. The third kappa shape index (κ3) is 3.48. The zero-order valence-electron chi connectivity index (χ0n) is 22.3. The summed E-state index contributed by atoms with van der Waals surface area (Å²) in [4.78, 5) is 0. The van der Waals surface area contributed by atoms with Crippen LogP contribution in [0.2, 0.25) is 9.36 Å². The van der Waals surface area contributed by atoms with Gasteiger partial charge in [0.05, 0.1) is 0 Å². The molecule has 4 aromatic carbocycles. The molecule has 39 heavy (non-hydrogen) atoms.